The van der Waals surface area contributed by atoms with Crippen LogP contribution in [-0.2, 0) is 19.7 Å². The van der Waals surface area contributed by atoms with Gasteiger partial charge < -0.3 is 0 Å². The summed E-state index contributed by atoms with van der Waals surface area (Å²) in [7, 11) is -4.09. The van der Waals surface area contributed by atoms with Gasteiger partial charge in [0.05, 0.1) is 0 Å². The molecule has 0 spiro atoms. The number of nitrogens with zero attached hydrogens (tertiary/aromatic N) is 2. The van der Waals surface area contributed by atoms with Gasteiger partial charge in [-0.1, -0.05) is 0 Å². The van der Waals surface area contributed by atoms with E-state index >= 15 is 0 Å². The third-order valence-electron chi connectivity index (χ3n) is 3.05. The fourth-order valence-corrected chi connectivity index (χ4v) is 9.29. The molecule has 1 heterocycles. The number of alkyl halides is 3. The normalized spacial score (nSPS) is 13.2. The van der Waals surface area contributed by atoms with E-state index in [4.69, 9.17) is 2.51 Å². The summed E-state index contributed by atoms with van der Waals surface area (Å²) in [6, 6.07) is 3.60. The number of rotatable bonds is 4. The molecule has 1 aromatic heterocycles. The van der Waals surface area contributed by atoms with E-state index in [0.717, 1.165) is 5.56 Å². The first kappa shape index (κ1) is 19.2. The van der Waals surface area contributed by atoms with Crippen LogP contribution in [0.1, 0.15) is 16.7 Å². The second kappa shape index (κ2) is 6.64. The van der Waals surface area contributed by atoms with Crippen LogP contribution in [0.2, 0.25) is 0 Å². The Bertz CT molecular complexity index is 839. The maximum absolute atomic E-state index is 12.8. The minimum atomic E-state index is -5.70. The molecule has 0 unspecified atom stereocenters. The van der Waals surface area contributed by atoms with Crippen LogP contribution < -0.4 is 0 Å². The second-order valence-corrected chi connectivity index (χ2v) is 11.6. The molecular formula is C14H16F3IN2O3S. The van der Waals surface area contributed by atoms with Crippen LogP contribution in [0.3, 0.4) is 0 Å². The molecule has 10 heteroatoms. The van der Waals surface area contributed by atoms with Gasteiger partial charge in [0.25, 0.3) is 0 Å². The van der Waals surface area contributed by atoms with Crippen molar-refractivity contribution in [1.82, 2.24) is 9.78 Å². The summed E-state index contributed by atoms with van der Waals surface area (Å²) in [5.41, 5.74) is -3.11. The molecule has 0 fully saturated rings. The van der Waals surface area contributed by atoms with Gasteiger partial charge in [-0.15, -0.1) is 0 Å². The molecule has 0 radical (unpaired) electrons. The quantitative estimate of drug-likeness (QED) is 0.499. The van der Waals surface area contributed by atoms with Crippen molar-refractivity contribution in [3.63, 3.8) is 0 Å². The van der Waals surface area contributed by atoms with Crippen molar-refractivity contribution in [2.45, 2.75) is 26.3 Å². The van der Waals surface area contributed by atoms with Crippen molar-refractivity contribution in [2.24, 2.45) is 7.05 Å². The summed E-state index contributed by atoms with van der Waals surface area (Å²) in [4.78, 5) is 0. The van der Waals surface area contributed by atoms with Crippen LogP contribution in [0.25, 0.3) is 0 Å². The van der Waals surface area contributed by atoms with Crippen molar-refractivity contribution < 1.29 is 24.1 Å². The number of aromatic nitrogens is 2. The van der Waals surface area contributed by atoms with Crippen molar-refractivity contribution in [3.05, 3.63) is 48.4 Å². The van der Waals surface area contributed by atoms with Gasteiger partial charge in [-0.2, -0.15) is 0 Å². The summed E-state index contributed by atoms with van der Waals surface area (Å²) in [5, 5.41) is 3.93. The van der Waals surface area contributed by atoms with Gasteiger partial charge in [-0.05, 0) is 0 Å². The Morgan fingerprint density at radius 2 is 1.71 bits per heavy atom. The van der Waals surface area contributed by atoms with E-state index < -0.39 is 35.9 Å². The number of hydrogen-bond donors (Lipinski definition) is 0. The molecule has 2 aromatic rings. The third kappa shape index (κ3) is 3.91. The zero-order valence-electron chi connectivity index (χ0n) is 13.3. The van der Waals surface area contributed by atoms with Crippen molar-refractivity contribution >= 4 is 30.4 Å². The Kier molecular flexibility index (Phi) is 5.31. The molecule has 0 atom stereocenters. The van der Waals surface area contributed by atoms with Crippen LogP contribution >= 0.6 is 20.2 Å². The maximum atomic E-state index is 12.8. The van der Waals surface area contributed by atoms with E-state index in [9.17, 15) is 21.6 Å². The average Bonchev–Trinajstić information content (AvgIpc) is 2.81. The Morgan fingerprint density at radius 1 is 1.17 bits per heavy atom. The van der Waals surface area contributed by atoms with Crippen LogP contribution in [0, 0.1) is 27.9 Å². The fraction of sp³-hybridized carbons (Fsp3) is 0.357. The fourth-order valence-electron chi connectivity index (χ4n) is 2.21. The molecular weight excluding hydrogens is 460 g/mol. The summed E-state index contributed by atoms with van der Waals surface area (Å²) in [6.45, 7) is 5.33. The van der Waals surface area contributed by atoms with Gasteiger partial charge in [0.1, 0.15) is 0 Å². The van der Waals surface area contributed by atoms with Crippen molar-refractivity contribution in [3.8, 4) is 0 Å². The van der Waals surface area contributed by atoms with E-state index in [0.29, 0.717) is 18.3 Å². The van der Waals surface area contributed by atoms with Crippen molar-refractivity contribution in [2.75, 3.05) is 0 Å². The van der Waals surface area contributed by atoms with E-state index in [2.05, 4.69) is 5.10 Å². The van der Waals surface area contributed by atoms with Gasteiger partial charge in [0.2, 0.25) is 0 Å². The first-order valence-electron chi connectivity index (χ1n) is 6.70. The van der Waals surface area contributed by atoms with Gasteiger partial charge in [0, 0.05) is 0 Å². The second-order valence-electron chi connectivity index (χ2n) is 5.26. The number of aryl methyl sites for hydroxylation is 4. The Balaban J connectivity index is 2.62. The number of halogens is 4. The molecule has 0 saturated carbocycles. The zero-order chi connectivity index (χ0) is 18.3. The predicted molar refractivity (Wildman–Crippen MR) is 91.3 cm³/mol. The zero-order valence-corrected chi connectivity index (χ0v) is 16.3. The van der Waals surface area contributed by atoms with E-state index in [-0.39, 0.29) is 0 Å². The van der Waals surface area contributed by atoms with Gasteiger partial charge in [-0.3, -0.25) is 0 Å². The molecule has 5 nitrogen and oxygen atoms in total. The third-order valence-corrected chi connectivity index (χ3v) is 10.8. The number of benzene rings is 1. The van der Waals surface area contributed by atoms with Crippen LogP contribution in [0.15, 0.2) is 24.5 Å². The SMILES string of the molecule is Cc1cc(C)c(I(OS(=O)(=O)C(F)(F)F)c2cnn(C)c2)c(C)c1. The molecule has 134 valence electrons. The summed E-state index contributed by atoms with van der Waals surface area (Å²) >= 11 is -3.37. The standard InChI is InChI=1S/C14H16F3IN2O3S/c1-9-5-10(2)13(11(3)6-9)18(12-7-19-20(4)8-12)23-24(21,22)14(15,16)17/h5-8H,1-4H3. The molecule has 0 amide bonds. The molecule has 0 bridgehead atoms. The van der Waals surface area contributed by atoms with E-state index in [1.807, 2.05) is 6.92 Å². The molecule has 0 aliphatic rings. The van der Waals surface area contributed by atoms with Crippen molar-refractivity contribution in [1.29, 1.82) is 0 Å². The first-order valence-corrected chi connectivity index (χ1v) is 11.1. The molecule has 0 aliphatic heterocycles. The van der Waals surface area contributed by atoms with E-state index in [1.165, 1.54) is 17.1 Å². The van der Waals surface area contributed by atoms with Crippen LogP contribution in [0.4, 0.5) is 13.2 Å². The molecule has 24 heavy (non-hydrogen) atoms. The summed E-state index contributed by atoms with van der Waals surface area (Å²) in [6.07, 6.45) is 2.85. The topological polar surface area (TPSA) is 61.2 Å². The van der Waals surface area contributed by atoms with Gasteiger partial charge >= 0.3 is 146 Å². The molecule has 0 N–H and O–H groups in total. The van der Waals surface area contributed by atoms with Gasteiger partial charge in [0.15, 0.2) is 0 Å². The average molecular weight is 476 g/mol. The Labute approximate surface area is 145 Å². The summed E-state index contributed by atoms with van der Waals surface area (Å²) < 4.78 is 68.6. The Morgan fingerprint density at radius 3 is 2.12 bits per heavy atom. The first-order chi connectivity index (χ1) is 10.9. The molecule has 1 aromatic carbocycles. The summed E-state index contributed by atoms with van der Waals surface area (Å²) in [5.74, 6) is 0. The van der Waals surface area contributed by atoms with Gasteiger partial charge in [-0.25, -0.2) is 0 Å². The molecule has 2 rings (SSSR count). The predicted octanol–water partition coefficient (Wildman–Crippen LogP) is 3.67. The van der Waals surface area contributed by atoms with Crippen LogP contribution in [-0.4, -0.2) is 23.7 Å². The molecule has 0 saturated heterocycles. The minimum absolute atomic E-state index is 0.379. The number of hydrogen-bond acceptors (Lipinski definition) is 4. The van der Waals surface area contributed by atoms with E-state index in [1.54, 1.807) is 33.0 Å². The Hall–Kier alpha value is -1.14. The monoisotopic (exact) mass is 476 g/mol. The molecule has 0 aliphatic carbocycles. The van der Waals surface area contributed by atoms with Crippen LogP contribution in [0.5, 0.6) is 0 Å².